The van der Waals surface area contributed by atoms with Gasteiger partial charge in [0.05, 0.1) is 25.5 Å². The second-order valence-electron chi connectivity index (χ2n) is 7.50. The van der Waals surface area contributed by atoms with Crippen LogP contribution in [0.15, 0.2) is 42.7 Å². The molecule has 1 fully saturated rings. The zero-order valence-corrected chi connectivity index (χ0v) is 17.3. The number of carbonyl (C=O) groups excluding carboxylic acids is 2. The van der Waals surface area contributed by atoms with Crippen molar-refractivity contribution in [2.45, 2.75) is 25.5 Å². The van der Waals surface area contributed by atoms with Gasteiger partial charge >= 0.3 is 0 Å². The summed E-state index contributed by atoms with van der Waals surface area (Å²) in [6.07, 6.45) is 3.70. The molecule has 0 aliphatic carbocycles. The first-order valence-corrected chi connectivity index (χ1v) is 9.91. The Morgan fingerprint density at radius 1 is 1.39 bits per heavy atom. The highest BCUT2D eigenvalue weighted by Crippen LogP contribution is 2.24. The predicted molar refractivity (Wildman–Crippen MR) is 112 cm³/mol. The first-order chi connectivity index (χ1) is 15.0. The molecule has 0 saturated carbocycles. The molecule has 1 saturated heterocycles. The van der Waals surface area contributed by atoms with Crippen molar-refractivity contribution in [3.05, 3.63) is 59.5 Å². The fourth-order valence-corrected chi connectivity index (χ4v) is 3.80. The molecular formula is C22H24N4O5. The van der Waals surface area contributed by atoms with E-state index in [1.54, 1.807) is 30.0 Å². The van der Waals surface area contributed by atoms with Crippen molar-refractivity contribution in [2.24, 2.45) is 0 Å². The maximum absolute atomic E-state index is 13.1. The predicted octanol–water partition coefficient (Wildman–Crippen LogP) is 1.21. The van der Waals surface area contributed by atoms with Crippen molar-refractivity contribution in [1.82, 2.24) is 20.0 Å². The molecular weight excluding hydrogens is 400 g/mol. The number of hydrogen-bond donors (Lipinski definition) is 3. The average Bonchev–Trinajstić information content (AvgIpc) is 3.30. The van der Waals surface area contributed by atoms with Crippen LogP contribution in [0.5, 0.6) is 11.6 Å². The number of aliphatic hydroxyl groups excluding tert-OH is 1. The zero-order valence-electron chi connectivity index (χ0n) is 17.3. The molecule has 9 nitrogen and oxygen atoms in total. The summed E-state index contributed by atoms with van der Waals surface area (Å²) in [7, 11) is 1.55. The fourth-order valence-electron chi connectivity index (χ4n) is 3.80. The minimum Gasteiger partial charge on any atom is -0.487 e. The van der Waals surface area contributed by atoms with E-state index >= 15 is 0 Å². The first-order valence-electron chi connectivity index (χ1n) is 9.91. The summed E-state index contributed by atoms with van der Waals surface area (Å²) in [5, 5.41) is 15.2. The number of methoxy groups -OCH3 is 1. The van der Waals surface area contributed by atoms with Crippen molar-refractivity contribution < 1.29 is 24.2 Å². The lowest BCUT2D eigenvalue weighted by molar-refractivity contribution is -0.125. The van der Waals surface area contributed by atoms with E-state index in [0.717, 1.165) is 16.6 Å². The van der Waals surface area contributed by atoms with Crippen LogP contribution in [0.2, 0.25) is 0 Å². The van der Waals surface area contributed by atoms with E-state index in [9.17, 15) is 14.7 Å². The molecule has 0 bridgehead atoms. The van der Waals surface area contributed by atoms with E-state index < -0.39 is 18.1 Å². The number of aryl methyl sites for hydroxylation is 1. The standard InChI is InChI=1S/C22H24N4O5/c1-14-10-16-5-6-17(31-12-15-4-3-8-23-20(15)30-2)11-26(16)18(14)19(28)25-22(13-27)7-9-24-21(22)29/h3-6,8,10-11,27H,7,9,12-13H2,1-2H3,(H,24,29)(H,25,28). The van der Waals surface area contributed by atoms with E-state index in [1.807, 2.05) is 31.2 Å². The Balaban J connectivity index is 1.60. The second kappa shape index (κ2) is 8.27. The molecule has 9 heteroatoms. The second-order valence-corrected chi connectivity index (χ2v) is 7.50. The number of nitrogens with zero attached hydrogens (tertiary/aromatic N) is 2. The molecule has 0 radical (unpaired) electrons. The van der Waals surface area contributed by atoms with Crippen LogP contribution in [0.4, 0.5) is 0 Å². The molecule has 31 heavy (non-hydrogen) atoms. The molecule has 1 aliphatic heterocycles. The van der Waals surface area contributed by atoms with Crippen LogP contribution in [-0.2, 0) is 11.4 Å². The number of rotatable bonds is 7. The zero-order chi connectivity index (χ0) is 22.0. The van der Waals surface area contributed by atoms with Crippen LogP contribution in [0.3, 0.4) is 0 Å². The normalized spacial score (nSPS) is 18.1. The SMILES string of the molecule is COc1ncccc1COc1ccc2cc(C)c(C(=O)NC3(CO)CCNC3=O)n2c1. The molecule has 0 aromatic carbocycles. The number of pyridine rings is 2. The molecule has 2 amide bonds. The third kappa shape index (κ3) is 3.79. The topological polar surface area (TPSA) is 114 Å². The Morgan fingerprint density at radius 2 is 2.23 bits per heavy atom. The molecule has 1 atom stereocenters. The van der Waals surface area contributed by atoms with E-state index in [4.69, 9.17) is 9.47 Å². The van der Waals surface area contributed by atoms with Crippen molar-refractivity contribution in [1.29, 1.82) is 0 Å². The Morgan fingerprint density at radius 3 is 2.94 bits per heavy atom. The number of aromatic nitrogens is 2. The van der Waals surface area contributed by atoms with Gasteiger partial charge in [-0.1, -0.05) is 0 Å². The lowest BCUT2D eigenvalue weighted by Crippen LogP contribution is -2.56. The van der Waals surface area contributed by atoms with Gasteiger partial charge in [0.15, 0.2) is 0 Å². The molecule has 0 spiro atoms. The van der Waals surface area contributed by atoms with Gasteiger partial charge in [-0.05, 0) is 49.2 Å². The average molecular weight is 424 g/mol. The highest BCUT2D eigenvalue weighted by Gasteiger charge is 2.43. The van der Waals surface area contributed by atoms with Crippen molar-refractivity contribution in [2.75, 3.05) is 20.3 Å². The van der Waals surface area contributed by atoms with Crippen molar-refractivity contribution >= 4 is 17.3 Å². The van der Waals surface area contributed by atoms with Gasteiger partial charge < -0.3 is 29.6 Å². The minimum absolute atomic E-state index is 0.248. The van der Waals surface area contributed by atoms with Gasteiger partial charge in [0.2, 0.25) is 11.8 Å². The monoisotopic (exact) mass is 424 g/mol. The van der Waals surface area contributed by atoms with Crippen LogP contribution in [0.1, 0.15) is 28.0 Å². The van der Waals surface area contributed by atoms with Crippen molar-refractivity contribution in [3.63, 3.8) is 0 Å². The summed E-state index contributed by atoms with van der Waals surface area (Å²) in [5.74, 6) is 0.231. The van der Waals surface area contributed by atoms with Gasteiger partial charge in [-0.2, -0.15) is 0 Å². The Hall–Kier alpha value is -3.59. The van der Waals surface area contributed by atoms with Crippen LogP contribution in [0, 0.1) is 6.92 Å². The number of hydrogen-bond acceptors (Lipinski definition) is 6. The molecule has 3 aromatic rings. The highest BCUT2D eigenvalue weighted by molar-refractivity contribution is 6.01. The minimum atomic E-state index is -1.31. The van der Waals surface area contributed by atoms with E-state index in [0.29, 0.717) is 30.3 Å². The van der Waals surface area contributed by atoms with Crippen molar-refractivity contribution in [3.8, 4) is 11.6 Å². The molecule has 3 aromatic heterocycles. The number of aliphatic hydroxyl groups is 1. The van der Waals surface area contributed by atoms with Crippen LogP contribution in [0.25, 0.3) is 5.52 Å². The lowest BCUT2D eigenvalue weighted by atomic mass is 9.98. The Bertz CT molecular complexity index is 1140. The highest BCUT2D eigenvalue weighted by atomic mass is 16.5. The number of amides is 2. The quantitative estimate of drug-likeness (QED) is 0.525. The Labute approximate surface area is 179 Å². The smallest absolute Gasteiger partial charge is 0.269 e. The summed E-state index contributed by atoms with van der Waals surface area (Å²) in [5.41, 5.74) is 1.42. The maximum Gasteiger partial charge on any atom is 0.269 e. The number of carbonyl (C=O) groups is 2. The molecule has 1 aliphatic rings. The van der Waals surface area contributed by atoms with Gasteiger partial charge in [-0.15, -0.1) is 0 Å². The van der Waals surface area contributed by atoms with Gasteiger partial charge in [-0.25, -0.2) is 4.98 Å². The summed E-state index contributed by atoms with van der Waals surface area (Å²) in [6, 6.07) is 9.22. The van der Waals surface area contributed by atoms with Crippen LogP contribution in [-0.4, -0.2) is 52.1 Å². The van der Waals surface area contributed by atoms with Gasteiger partial charge in [0.25, 0.3) is 5.91 Å². The largest absolute Gasteiger partial charge is 0.487 e. The van der Waals surface area contributed by atoms with Gasteiger partial charge in [0, 0.05) is 18.3 Å². The molecule has 1 unspecified atom stereocenters. The summed E-state index contributed by atoms with van der Waals surface area (Å²) in [4.78, 5) is 29.4. The third-order valence-corrected chi connectivity index (χ3v) is 5.48. The molecule has 162 valence electrons. The molecule has 3 N–H and O–H groups in total. The lowest BCUT2D eigenvalue weighted by Gasteiger charge is -2.25. The summed E-state index contributed by atoms with van der Waals surface area (Å²) < 4.78 is 12.9. The first kappa shape index (κ1) is 20.7. The summed E-state index contributed by atoms with van der Waals surface area (Å²) >= 11 is 0. The summed E-state index contributed by atoms with van der Waals surface area (Å²) in [6.45, 7) is 2.01. The number of fused-ring (bicyclic) bond motifs is 1. The third-order valence-electron chi connectivity index (χ3n) is 5.48. The van der Waals surface area contributed by atoms with E-state index in [2.05, 4.69) is 15.6 Å². The van der Waals surface area contributed by atoms with E-state index in [1.165, 1.54) is 0 Å². The number of nitrogens with one attached hydrogen (secondary N) is 2. The van der Waals surface area contributed by atoms with Crippen LogP contribution >= 0.6 is 0 Å². The van der Waals surface area contributed by atoms with Crippen LogP contribution < -0.4 is 20.1 Å². The maximum atomic E-state index is 13.1. The molecule has 4 rings (SSSR count). The molecule has 4 heterocycles. The number of ether oxygens (including phenoxy) is 2. The van der Waals surface area contributed by atoms with Gasteiger partial charge in [-0.3, -0.25) is 9.59 Å². The van der Waals surface area contributed by atoms with E-state index in [-0.39, 0.29) is 12.5 Å². The Kier molecular flexibility index (Phi) is 5.51. The fraction of sp³-hybridized carbons (Fsp3) is 0.318. The van der Waals surface area contributed by atoms with Gasteiger partial charge in [0.1, 0.15) is 23.6 Å².